The summed E-state index contributed by atoms with van der Waals surface area (Å²) < 4.78 is 19.2. The van der Waals surface area contributed by atoms with Gasteiger partial charge in [-0.3, -0.25) is 9.59 Å². The van der Waals surface area contributed by atoms with Crippen LogP contribution in [0.1, 0.15) is 66.4 Å². The van der Waals surface area contributed by atoms with Crippen LogP contribution in [-0.4, -0.2) is 50.2 Å². The van der Waals surface area contributed by atoms with E-state index >= 15 is 0 Å². The van der Waals surface area contributed by atoms with Crippen molar-refractivity contribution in [2.24, 2.45) is 11.3 Å². The van der Waals surface area contributed by atoms with Gasteiger partial charge in [-0.25, -0.2) is 4.39 Å². The standard InChI is InChI=1S/C26H40FN3O3/c1-17(15-30-16-26(5,6)20-13-19(27)7-8-22(20)30)28-24(32)21(14-25(2,3)4)29-23(31)18-9-11-33-12-10-18/h7-8,13,17-18,21H,9-12,14-16H2,1-6H3,(H,28,32)(H,29,31)/t17-,21-/m0/s1. The van der Waals surface area contributed by atoms with Gasteiger partial charge in [0.2, 0.25) is 11.8 Å². The first-order valence-electron chi connectivity index (χ1n) is 12.1. The Hall–Kier alpha value is -2.15. The average molecular weight is 462 g/mol. The number of hydrogen-bond donors (Lipinski definition) is 2. The number of carbonyl (C=O) groups is 2. The van der Waals surface area contributed by atoms with Gasteiger partial charge in [-0.1, -0.05) is 34.6 Å². The molecule has 1 fully saturated rings. The molecule has 0 radical (unpaired) electrons. The lowest BCUT2D eigenvalue weighted by Gasteiger charge is -2.31. The number of amides is 2. The third-order valence-electron chi connectivity index (χ3n) is 6.54. The Morgan fingerprint density at radius 1 is 1.21 bits per heavy atom. The normalized spacial score (nSPS) is 20.2. The first-order chi connectivity index (χ1) is 15.4. The minimum Gasteiger partial charge on any atom is -0.381 e. The van der Waals surface area contributed by atoms with Crippen molar-refractivity contribution < 1.29 is 18.7 Å². The van der Waals surface area contributed by atoms with Crippen LogP contribution in [0, 0.1) is 17.2 Å². The van der Waals surface area contributed by atoms with Gasteiger partial charge in [0.1, 0.15) is 11.9 Å². The maximum Gasteiger partial charge on any atom is 0.242 e. The van der Waals surface area contributed by atoms with Crippen LogP contribution in [0.5, 0.6) is 0 Å². The molecular weight excluding hydrogens is 421 g/mol. The van der Waals surface area contributed by atoms with Crippen LogP contribution in [0.4, 0.5) is 10.1 Å². The highest BCUT2D eigenvalue weighted by molar-refractivity contribution is 5.88. The second-order valence-electron chi connectivity index (χ2n) is 11.5. The Bertz CT molecular complexity index is 859. The molecule has 0 spiro atoms. The summed E-state index contributed by atoms with van der Waals surface area (Å²) in [5, 5.41) is 6.13. The van der Waals surface area contributed by atoms with Gasteiger partial charge >= 0.3 is 0 Å². The van der Waals surface area contributed by atoms with Crippen molar-refractivity contribution in [3.05, 3.63) is 29.6 Å². The summed E-state index contributed by atoms with van der Waals surface area (Å²) in [6, 6.07) is 4.21. The molecule has 2 aliphatic heterocycles. The SMILES string of the molecule is C[C@@H](CN1CC(C)(C)c2cc(F)ccc21)NC(=O)[C@H](CC(C)(C)C)NC(=O)C1CCOCC1. The number of anilines is 1. The highest BCUT2D eigenvalue weighted by Gasteiger charge is 2.36. The van der Waals surface area contributed by atoms with Gasteiger partial charge in [0.25, 0.3) is 0 Å². The van der Waals surface area contributed by atoms with E-state index in [2.05, 4.69) is 50.2 Å². The zero-order valence-electron chi connectivity index (χ0n) is 21.0. The Morgan fingerprint density at radius 3 is 2.52 bits per heavy atom. The summed E-state index contributed by atoms with van der Waals surface area (Å²) in [6.45, 7) is 15.0. The fourth-order valence-corrected chi connectivity index (χ4v) is 4.93. The quantitative estimate of drug-likeness (QED) is 0.648. The van der Waals surface area contributed by atoms with Crippen LogP contribution in [-0.2, 0) is 19.7 Å². The number of carbonyl (C=O) groups excluding carboxylic acids is 2. The van der Waals surface area contributed by atoms with Gasteiger partial charge in [-0.15, -0.1) is 0 Å². The minimum absolute atomic E-state index is 0.0624. The fourth-order valence-electron chi connectivity index (χ4n) is 4.93. The van der Waals surface area contributed by atoms with Gasteiger partial charge in [0.05, 0.1) is 0 Å². The second-order valence-corrected chi connectivity index (χ2v) is 11.5. The number of benzene rings is 1. The first kappa shape index (κ1) is 25.5. The molecule has 0 saturated carbocycles. The molecule has 3 rings (SSSR count). The summed E-state index contributed by atoms with van der Waals surface area (Å²) in [5.74, 6) is -0.547. The van der Waals surface area contributed by atoms with Crippen molar-refractivity contribution >= 4 is 17.5 Å². The largest absolute Gasteiger partial charge is 0.381 e. The number of nitrogens with one attached hydrogen (secondary N) is 2. The number of ether oxygens (including phenoxy) is 1. The van der Waals surface area contributed by atoms with E-state index in [0.717, 1.165) is 17.8 Å². The number of hydrogen-bond acceptors (Lipinski definition) is 4. The minimum atomic E-state index is -0.584. The van der Waals surface area contributed by atoms with Crippen molar-refractivity contribution in [3.8, 4) is 0 Å². The summed E-state index contributed by atoms with van der Waals surface area (Å²) in [5.41, 5.74) is 1.74. The number of nitrogens with zero attached hydrogens (tertiary/aromatic N) is 1. The van der Waals surface area contributed by atoms with E-state index < -0.39 is 6.04 Å². The van der Waals surface area contributed by atoms with Crippen LogP contribution < -0.4 is 15.5 Å². The van der Waals surface area contributed by atoms with Crippen LogP contribution in [0.15, 0.2) is 18.2 Å². The smallest absolute Gasteiger partial charge is 0.242 e. The summed E-state index contributed by atoms with van der Waals surface area (Å²) in [6.07, 6.45) is 1.94. The third-order valence-corrected chi connectivity index (χ3v) is 6.54. The zero-order chi connectivity index (χ0) is 24.4. The number of rotatable bonds is 7. The van der Waals surface area contributed by atoms with Crippen LogP contribution in [0.25, 0.3) is 0 Å². The Labute approximate surface area is 197 Å². The first-order valence-corrected chi connectivity index (χ1v) is 12.1. The molecule has 2 N–H and O–H groups in total. The molecule has 1 saturated heterocycles. The third kappa shape index (κ3) is 6.69. The van der Waals surface area contributed by atoms with Crippen molar-refractivity contribution in [1.29, 1.82) is 0 Å². The van der Waals surface area contributed by atoms with Gasteiger partial charge in [-0.2, -0.15) is 0 Å². The molecule has 1 aromatic carbocycles. The van der Waals surface area contributed by atoms with E-state index in [4.69, 9.17) is 4.74 Å². The van der Waals surface area contributed by atoms with Crippen LogP contribution in [0.2, 0.25) is 0 Å². The van der Waals surface area contributed by atoms with E-state index in [-0.39, 0.29) is 40.4 Å². The summed E-state index contributed by atoms with van der Waals surface area (Å²) in [7, 11) is 0. The lowest BCUT2D eigenvalue weighted by Crippen LogP contribution is -2.53. The molecule has 2 aliphatic rings. The Balaban J connectivity index is 1.64. The molecule has 0 aromatic heterocycles. The molecule has 6 nitrogen and oxygen atoms in total. The van der Waals surface area contributed by atoms with Crippen molar-refractivity contribution in [2.45, 2.75) is 78.3 Å². The molecule has 2 heterocycles. The van der Waals surface area contributed by atoms with Crippen LogP contribution >= 0.6 is 0 Å². The lowest BCUT2D eigenvalue weighted by atomic mass is 9.87. The highest BCUT2D eigenvalue weighted by Crippen LogP contribution is 2.40. The second kappa shape index (κ2) is 10.00. The van der Waals surface area contributed by atoms with Gasteiger partial charge in [-0.05, 0) is 55.4 Å². The van der Waals surface area contributed by atoms with E-state index in [1.807, 2.05) is 13.0 Å². The molecule has 0 bridgehead atoms. The summed E-state index contributed by atoms with van der Waals surface area (Å²) >= 11 is 0. The molecule has 7 heteroatoms. The van der Waals surface area contributed by atoms with E-state index in [1.54, 1.807) is 6.07 Å². The molecular formula is C26H40FN3O3. The number of fused-ring (bicyclic) bond motifs is 1. The molecule has 33 heavy (non-hydrogen) atoms. The summed E-state index contributed by atoms with van der Waals surface area (Å²) in [4.78, 5) is 28.2. The molecule has 1 aromatic rings. The van der Waals surface area contributed by atoms with Gasteiger partial charge in [0.15, 0.2) is 0 Å². The van der Waals surface area contributed by atoms with E-state index in [0.29, 0.717) is 39.0 Å². The molecule has 184 valence electrons. The van der Waals surface area contributed by atoms with E-state index in [9.17, 15) is 14.0 Å². The van der Waals surface area contributed by atoms with Gasteiger partial charge in [0, 0.05) is 49.4 Å². The van der Waals surface area contributed by atoms with Crippen molar-refractivity contribution in [2.75, 3.05) is 31.2 Å². The fraction of sp³-hybridized carbons (Fsp3) is 0.692. The zero-order valence-corrected chi connectivity index (χ0v) is 21.0. The lowest BCUT2D eigenvalue weighted by molar-refractivity contribution is -0.133. The topological polar surface area (TPSA) is 70.7 Å². The highest BCUT2D eigenvalue weighted by atomic mass is 19.1. The molecule has 2 atom stereocenters. The van der Waals surface area contributed by atoms with Gasteiger partial charge < -0.3 is 20.3 Å². The maximum absolute atomic E-state index is 13.8. The monoisotopic (exact) mass is 461 g/mol. The molecule has 0 unspecified atom stereocenters. The van der Waals surface area contributed by atoms with E-state index in [1.165, 1.54) is 6.07 Å². The predicted octanol–water partition coefficient (Wildman–Crippen LogP) is 3.78. The maximum atomic E-state index is 13.8. The Morgan fingerprint density at radius 2 is 1.88 bits per heavy atom. The van der Waals surface area contributed by atoms with Crippen molar-refractivity contribution in [1.82, 2.24) is 10.6 Å². The average Bonchev–Trinajstić information content (AvgIpc) is 2.96. The Kier molecular flexibility index (Phi) is 7.72. The van der Waals surface area contributed by atoms with Crippen LogP contribution in [0.3, 0.4) is 0 Å². The number of halogens is 1. The molecule has 2 amide bonds. The van der Waals surface area contributed by atoms with Crippen molar-refractivity contribution in [3.63, 3.8) is 0 Å². The molecule has 0 aliphatic carbocycles. The predicted molar refractivity (Wildman–Crippen MR) is 129 cm³/mol.